The normalized spacial score (nSPS) is 22.0. The van der Waals surface area contributed by atoms with E-state index >= 15 is 0 Å². The molecule has 1 aromatic heterocycles. The molecule has 0 spiro atoms. The van der Waals surface area contributed by atoms with Crippen molar-refractivity contribution in [1.29, 1.82) is 0 Å². The average molecular weight is 303 g/mol. The topological polar surface area (TPSA) is 55.1 Å². The molecule has 0 bridgehead atoms. The van der Waals surface area contributed by atoms with Gasteiger partial charge < -0.3 is 11.1 Å². The third kappa shape index (κ3) is 4.79. The highest BCUT2D eigenvalue weighted by Crippen LogP contribution is 2.26. The molecule has 3 N–H and O–H groups in total. The Morgan fingerprint density at radius 1 is 1.42 bits per heavy atom. The molecule has 1 aliphatic carbocycles. The van der Waals surface area contributed by atoms with E-state index in [0.29, 0.717) is 18.9 Å². The van der Waals surface area contributed by atoms with E-state index in [-0.39, 0.29) is 24.4 Å². The third-order valence-electron chi connectivity index (χ3n) is 3.69. The van der Waals surface area contributed by atoms with E-state index in [1.807, 2.05) is 0 Å². The number of hydrogen-bond donors (Lipinski definition) is 2. The molecule has 0 radical (unpaired) electrons. The Balaban J connectivity index is 0.00000180. The number of nitrogens with one attached hydrogen (secondary N) is 1. The quantitative estimate of drug-likeness (QED) is 0.879. The molecule has 1 amide bonds. The zero-order valence-corrected chi connectivity index (χ0v) is 13.0. The zero-order chi connectivity index (χ0) is 13.0. The van der Waals surface area contributed by atoms with Crippen LogP contribution in [-0.4, -0.2) is 11.9 Å². The molecule has 1 fully saturated rings. The van der Waals surface area contributed by atoms with Gasteiger partial charge in [-0.25, -0.2) is 0 Å². The van der Waals surface area contributed by atoms with Gasteiger partial charge in [-0.2, -0.15) is 0 Å². The van der Waals surface area contributed by atoms with Crippen molar-refractivity contribution in [1.82, 2.24) is 5.32 Å². The maximum Gasteiger partial charge on any atom is 0.220 e. The van der Waals surface area contributed by atoms with Crippen LogP contribution in [0.2, 0.25) is 0 Å². The van der Waals surface area contributed by atoms with Crippen molar-refractivity contribution < 1.29 is 4.79 Å². The maximum absolute atomic E-state index is 11.8. The third-order valence-corrected chi connectivity index (χ3v) is 4.92. The van der Waals surface area contributed by atoms with Gasteiger partial charge in [0.15, 0.2) is 0 Å². The highest BCUT2D eigenvalue weighted by molar-refractivity contribution is 7.11. The van der Waals surface area contributed by atoms with Crippen molar-refractivity contribution in [2.24, 2.45) is 11.7 Å². The van der Waals surface area contributed by atoms with Crippen LogP contribution in [0.5, 0.6) is 0 Å². The van der Waals surface area contributed by atoms with E-state index in [1.54, 1.807) is 11.3 Å². The van der Waals surface area contributed by atoms with E-state index in [0.717, 1.165) is 19.3 Å². The first kappa shape index (κ1) is 16.5. The molecule has 2 atom stereocenters. The van der Waals surface area contributed by atoms with E-state index in [9.17, 15) is 4.79 Å². The summed E-state index contributed by atoms with van der Waals surface area (Å²) in [5, 5.41) is 3.00. The monoisotopic (exact) mass is 302 g/mol. The van der Waals surface area contributed by atoms with Gasteiger partial charge in [0, 0.05) is 22.2 Å². The Hall–Kier alpha value is -0.580. The number of amides is 1. The van der Waals surface area contributed by atoms with Crippen LogP contribution in [-0.2, 0) is 17.8 Å². The predicted molar refractivity (Wildman–Crippen MR) is 82.7 cm³/mol. The van der Waals surface area contributed by atoms with Gasteiger partial charge in [0.25, 0.3) is 0 Å². The lowest BCUT2D eigenvalue weighted by Crippen LogP contribution is -2.31. The van der Waals surface area contributed by atoms with Crippen LogP contribution in [0.1, 0.15) is 42.4 Å². The Morgan fingerprint density at radius 2 is 2.16 bits per heavy atom. The van der Waals surface area contributed by atoms with Crippen LogP contribution in [0.15, 0.2) is 12.1 Å². The highest BCUT2D eigenvalue weighted by atomic mass is 35.5. The Labute approximate surface area is 125 Å². The second-order valence-electron chi connectivity index (χ2n) is 5.06. The summed E-state index contributed by atoms with van der Waals surface area (Å²) in [4.78, 5) is 14.4. The summed E-state index contributed by atoms with van der Waals surface area (Å²) in [5.74, 6) is 0.531. The van der Waals surface area contributed by atoms with E-state index < -0.39 is 0 Å². The fourth-order valence-corrected chi connectivity index (χ4v) is 3.42. The number of carbonyl (C=O) groups is 1. The fourth-order valence-electron chi connectivity index (χ4n) is 2.52. The van der Waals surface area contributed by atoms with Crippen LogP contribution < -0.4 is 11.1 Å². The molecular weight excluding hydrogens is 280 g/mol. The van der Waals surface area contributed by atoms with Crippen molar-refractivity contribution in [3.05, 3.63) is 21.9 Å². The minimum atomic E-state index is 0. The van der Waals surface area contributed by atoms with Gasteiger partial charge in [0.05, 0.1) is 6.54 Å². The minimum Gasteiger partial charge on any atom is -0.351 e. The molecule has 108 valence electrons. The van der Waals surface area contributed by atoms with Gasteiger partial charge in [0.1, 0.15) is 0 Å². The van der Waals surface area contributed by atoms with Crippen molar-refractivity contribution in [2.45, 2.75) is 51.6 Å². The van der Waals surface area contributed by atoms with Gasteiger partial charge in [-0.1, -0.05) is 13.3 Å². The van der Waals surface area contributed by atoms with E-state index in [4.69, 9.17) is 5.73 Å². The molecule has 1 aliphatic rings. The molecule has 0 aromatic carbocycles. The number of thiophene rings is 1. The summed E-state index contributed by atoms with van der Waals surface area (Å²) >= 11 is 1.78. The van der Waals surface area contributed by atoms with E-state index in [1.165, 1.54) is 16.2 Å². The molecule has 1 heterocycles. The van der Waals surface area contributed by atoms with Crippen molar-refractivity contribution in [3.63, 3.8) is 0 Å². The molecule has 1 aromatic rings. The van der Waals surface area contributed by atoms with Gasteiger partial charge in [0.2, 0.25) is 5.91 Å². The van der Waals surface area contributed by atoms with Crippen LogP contribution in [0.3, 0.4) is 0 Å². The molecule has 19 heavy (non-hydrogen) atoms. The summed E-state index contributed by atoms with van der Waals surface area (Å²) in [6, 6.07) is 4.47. The molecule has 0 saturated heterocycles. The van der Waals surface area contributed by atoms with Crippen LogP contribution in [0, 0.1) is 5.92 Å². The minimum absolute atomic E-state index is 0. The first-order valence-electron chi connectivity index (χ1n) is 6.79. The molecule has 0 unspecified atom stereocenters. The molecule has 1 saturated carbocycles. The van der Waals surface area contributed by atoms with Crippen LogP contribution in [0.4, 0.5) is 0 Å². The smallest absolute Gasteiger partial charge is 0.220 e. The Kier molecular flexibility index (Phi) is 6.83. The fraction of sp³-hybridized carbons (Fsp3) is 0.643. The maximum atomic E-state index is 11.8. The van der Waals surface area contributed by atoms with Gasteiger partial charge in [-0.15, -0.1) is 23.7 Å². The number of rotatable bonds is 5. The zero-order valence-electron chi connectivity index (χ0n) is 11.4. The first-order valence-corrected chi connectivity index (χ1v) is 7.60. The lowest BCUT2D eigenvalue weighted by molar-refractivity contribution is -0.122. The molecule has 2 rings (SSSR count). The van der Waals surface area contributed by atoms with Crippen molar-refractivity contribution in [2.75, 3.05) is 0 Å². The second-order valence-corrected chi connectivity index (χ2v) is 6.31. The lowest BCUT2D eigenvalue weighted by atomic mass is 10.00. The number of aryl methyl sites for hydroxylation is 1. The second kappa shape index (κ2) is 7.88. The Bertz CT molecular complexity index is 408. The predicted octanol–water partition coefficient (Wildman–Crippen LogP) is 2.87. The van der Waals surface area contributed by atoms with Crippen LogP contribution >= 0.6 is 23.7 Å². The largest absolute Gasteiger partial charge is 0.351 e. The number of hydrogen-bond acceptors (Lipinski definition) is 3. The average Bonchev–Trinajstić information content (AvgIpc) is 2.97. The summed E-state index contributed by atoms with van der Waals surface area (Å²) < 4.78 is 0. The molecule has 3 nitrogen and oxygen atoms in total. The van der Waals surface area contributed by atoms with Gasteiger partial charge in [-0.3, -0.25) is 4.79 Å². The standard InChI is InChI=1S/C14H22N2OS.ClH/c1-2-11-6-7-12(18-11)9-16-14(17)8-10-4-3-5-13(10)15;/h6-7,10,13H,2-5,8-9,15H2,1H3,(H,16,17);1H/t10-,13+;/m0./s1. The molecule has 0 aliphatic heterocycles. The Morgan fingerprint density at radius 3 is 2.74 bits per heavy atom. The number of carbonyl (C=O) groups excluding carboxylic acids is 1. The van der Waals surface area contributed by atoms with Gasteiger partial charge >= 0.3 is 0 Å². The summed E-state index contributed by atoms with van der Waals surface area (Å²) in [6.45, 7) is 2.81. The summed E-state index contributed by atoms with van der Waals surface area (Å²) in [6.07, 6.45) is 5.00. The van der Waals surface area contributed by atoms with Gasteiger partial charge in [-0.05, 0) is 37.3 Å². The molecular formula is C14H23ClN2OS. The summed E-state index contributed by atoms with van der Waals surface area (Å²) in [5.41, 5.74) is 5.98. The van der Waals surface area contributed by atoms with Crippen LogP contribution in [0.25, 0.3) is 0 Å². The molecule has 5 heteroatoms. The van der Waals surface area contributed by atoms with Crippen molar-refractivity contribution in [3.8, 4) is 0 Å². The van der Waals surface area contributed by atoms with Crippen molar-refractivity contribution >= 4 is 29.7 Å². The first-order chi connectivity index (χ1) is 8.69. The van der Waals surface area contributed by atoms with E-state index in [2.05, 4.69) is 24.4 Å². The number of nitrogens with two attached hydrogens (primary N) is 1. The lowest BCUT2D eigenvalue weighted by Gasteiger charge is -2.14. The highest BCUT2D eigenvalue weighted by Gasteiger charge is 2.25. The summed E-state index contributed by atoms with van der Waals surface area (Å²) in [7, 11) is 0. The number of halogens is 1. The SMILES string of the molecule is CCc1ccc(CNC(=O)C[C@@H]2CCC[C@H]2N)s1.Cl.